The van der Waals surface area contributed by atoms with Gasteiger partial charge < -0.3 is 16.3 Å². The Bertz CT molecular complexity index is 544. The van der Waals surface area contributed by atoms with Gasteiger partial charge in [-0.3, -0.25) is 4.79 Å². The normalized spacial score (nSPS) is 17.7. The Hall–Kier alpha value is -1.82. The molecule has 1 saturated carbocycles. The van der Waals surface area contributed by atoms with E-state index >= 15 is 0 Å². The molecule has 4 N–H and O–H groups in total. The van der Waals surface area contributed by atoms with Crippen molar-refractivity contribution in [3.8, 4) is 0 Å². The number of nitrogens with two attached hydrogens (primary N) is 1. The average Bonchev–Trinajstić information content (AvgIpc) is 2.32. The summed E-state index contributed by atoms with van der Waals surface area (Å²) in [6, 6.07) is 3.86. The lowest BCUT2D eigenvalue weighted by Gasteiger charge is -2.38. The summed E-state index contributed by atoms with van der Waals surface area (Å²) >= 11 is 5.75. The van der Waals surface area contributed by atoms with Crippen molar-refractivity contribution in [2.45, 2.75) is 19.3 Å². The van der Waals surface area contributed by atoms with E-state index in [1.165, 1.54) is 12.1 Å². The molecule has 1 aromatic rings. The second-order valence-corrected chi connectivity index (χ2v) is 4.94. The van der Waals surface area contributed by atoms with Crippen molar-refractivity contribution in [2.75, 3.05) is 5.32 Å². The standard InChI is InChI=1S/C12H13ClFN3O2/c13-7-2-3-8(14)9(6-7)16-11(18)12(4-1-5-12)10(15)17-19/h2-3,6,19H,1,4-5H2,(H2,15,17)(H,16,18). The number of amides is 1. The highest BCUT2D eigenvalue weighted by molar-refractivity contribution is 6.31. The molecule has 19 heavy (non-hydrogen) atoms. The van der Waals surface area contributed by atoms with Gasteiger partial charge in [-0.2, -0.15) is 0 Å². The number of halogens is 2. The Morgan fingerprint density at radius 2 is 2.21 bits per heavy atom. The van der Waals surface area contributed by atoms with Crippen LogP contribution in [0.4, 0.5) is 10.1 Å². The van der Waals surface area contributed by atoms with Gasteiger partial charge in [0.1, 0.15) is 11.2 Å². The molecule has 1 fully saturated rings. The molecule has 0 spiro atoms. The van der Waals surface area contributed by atoms with Gasteiger partial charge in [-0.15, -0.1) is 0 Å². The molecule has 0 unspecified atom stereocenters. The first kappa shape index (κ1) is 13.6. The van der Waals surface area contributed by atoms with Crippen LogP contribution in [0.3, 0.4) is 0 Å². The van der Waals surface area contributed by atoms with Crippen LogP contribution in [-0.2, 0) is 4.79 Å². The summed E-state index contributed by atoms with van der Waals surface area (Å²) in [5, 5.41) is 14.4. The van der Waals surface area contributed by atoms with Gasteiger partial charge in [-0.1, -0.05) is 23.2 Å². The number of hydrogen-bond donors (Lipinski definition) is 3. The van der Waals surface area contributed by atoms with Crippen LogP contribution in [0.5, 0.6) is 0 Å². The van der Waals surface area contributed by atoms with Crippen molar-refractivity contribution >= 4 is 29.0 Å². The van der Waals surface area contributed by atoms with E-state index in [0.717, 1.165) is 12.5 Å². The molecule has 0 aromatic heterocycles. The number of rotatable bonds is 3. The minimum absolute atomic E-state index is 0.0190. The third-order valence-corrected chi connectivity index (χ3v) is 3.65. The molecule has 0 atom stereocenters. The summed E-state index contributed by atoms with van der Waals surface area (Å²) in [5.74, 6) is -1.24. The predicted molar refractivity (Wildman–Crippen MR) is 69.7 cm³/mol. The molecule has 7 heteroatoms. The summed E-state index contributed by atoms with van der Waals surface area (Å²) < 4.78 is 13.5. The minimum Gasteiger partial charge on any atom is -0.409 e. The van der Waals surface area contributed by atoms with Crippen LogP contribution in [0, 0.1) is 11.2 Å². The van der Waals surface area contributed by atoms with Gasteiger partial charge in [-0.05, 0) is 31.0 Å². The van der Waals surface area contributed by atoms with Crippen LogP contribution in [0.15, 0.2) is 23.4 Å². The number of nitrogens with one attached hydrogen (secondary N) is 1. The molecule has 0 saturated heterocycles. The quantitative estimate of drug-likeness (QED) is 0.345. The Morgan fingerprint density at radius 3 is 2.74 bits per heavy atom. The maximum Gasteiger partial charge on any atom is 0.238 e. The Kier molecular flexibility index (Phi) is 3.61. The maximum atomic E-state index is 13.5. The van der Waals surface area contributed by atoms with Crippen LogP contribution in [0.1, 0.15) is 19.3 Å². The van der Waals surface area contributed by atoms with E-state index in [1.807, 2.05) is 0 Å². The molecule has 0 aliphatic heterocycles. The molecule has 1 aliphatic rings. The van der Waals surface area contributed by atoms with Crippen LogP contribution in [0.25, 0.3) is 0 Å². The lowest BCUT2D eigenvalue weighted by atomic mass is 9.67. The molecule has 0 radical (unpaired) electrons. The topological polar surface area (TPSA) is 87.7 Å². The number of amidine groups is 1. The Morgan fingerprint density at radius 1 is 1.53 bits per heavy atom. The molecule has 1 amide bonds. The van der Waals surface area contributed by atoms with Gasteiger partial charge >= 0.3 is 0 Å². The lowest BCUT2D eigenvalue weighted by Crippen LogP contribution is -2.51. The molecule has 0 bridgehead atoms. The van der Waals surface area contributed by atoms with E-state index in [-0.39, 0.29) is 11.5 Å². The summed E-state index contributed by atoms with van der Waals surface area (Å²) in [6.45, 7) is 0. The van der Waals surface area contributed by atoms with Crippen molar-refractivity contribution in [3.63, 3.8) is 0 Å². The number of carbonyl (C=O) groups is 1. The molecule has 102 valence electrons. The van der Waals surface area contributed by atoms with Gasteiger partial charge in [0.25, 0.3) is 0 Å². The van der Waals surface area contributed by atoms with Gasteiger partial charge in [0, 0.05) is 5.02 Å². The summed E-state index contributed by atoms with van der Waals surface area (Å²) in [4.78, 5) is 12.2. The van der Waals surface area contributed by atoms with E-state index in [4.69, 9.17) is 22.5 Å². The fraction of sp³-hybridized carbons (Fsp3) is 0.333. The second kappa shape index (κ2) is 5.05. The zero-order valence-corrected chi connectivity index (χ0v) is 10.7. The van der Waals surface area contributed by atoms with Gasteiger partial charge in [0.05, 0.1) is 5.69 Å². The van der Waals surface area contributed by atoms with Crippen LogP contribution in [0.2, 0.25) is 5.02 Å². The first-order valence-corrected chi connectivity index (χ1v) is 6.12. The number of hydrogen-bond acceptors (Lipinski definition) is 3. The number of nitrogens with zero attached hydrogens (tertiary/aromatic N) is 1. The van der Waals surface area contributed by atoms with Gasteiger partial charge in [0.2, 0.25) is 5.91 Å². The molecule has 1 aromatic carbocycles. The molecule has 0 heterocycles. The van der Waals surface area contributed by atoms with E-state index in [1.54, 1.807) is 0 Å². The zero-order valence-electron chi connectivity index (χ0n) is 9.99. The average molecular weight is 286 g/mol. The number of benzene rings is 1. The second-order valence-electron chi connectivity index (χ2n) is 4.50. The summed E-state index contributed by atoms with van der Waals surface area (Å²) in [6.07, 6.45) is 1.73. The lowest BCUT2D eigenvalue weighted by molar-refractivity contribution is -0.125. The fourth-order valence-corrected chi connectivity index (χ4v) is 2.23. The number of oxime groups is 1. The van der Waals surface area contributed by atoms with Crippen molar-refractivity contribution in [1.82, 2.24) is 0 Å². The number of anilines is 1. The van der Waals surface area contributed by atoms with Gasteiger partial charge in [0.15, 0.2) is 5.84 Å². The van der Waals surface area contributed by atoms with E-state index in [9.17, 15) is 9.18 Å². The van der Waals surface area contributed by atoms with Crippen molar-refractivity contribution in [3.05, 3.63) is 29.0 Å². The number of carbonyl (C=O) groups excluding carboxylic acids is 1. The van der Waals surface area contributed by atoms with Crippen molar-refractivity contribution in [1.29, 1.82) is 0 Å². The third-order valence-electron chi connectivity index (χ3n) is 3.42. The third kappa shape index (κ3) is 2.35. The Labute approximate surface area is 114 Å². The predicted octanol–water partition coefficient (Wildman–Crippen LogP) is 2.33. The van der Waals surface area contributed by atoms with E-state index in [2.05, 4.69) is 10.5 Å². The smallest absolute Gasteiger partial charge is 0.238 e. The minimum atomic E-state index is -1.05. The zero-order chi connectivity index (χ0) is 14.0. The fourth-order valence-electron chi connectivity index (χ4n) is 2.06. The highest BCUT2D eigenvalue weighted by Gasteiger charge is 2.48. The summed E-state index contributed by atoms with van der Waals surface area (Å²) in [5.41, 5.74) is 4.48. The Balaban J connectivity index is 2.23. The molecule has 2 rings (SSSR count). The van der Waals surface area contributed by atoms with E-state index in [0.29, 0.717) is 17.9 Å². The monoisotopic (exact) mass is 285 g/mol. The van der Waals surface area contributed by atoms with Crippen LogP contribution in [-0.4, -0.2) is 17.0 Å². The van der Waals surface area contributed by atoms with Gasteiger partial charge in [-0.25, -0.2) is 4.39 Å². The highest BCUT2D eigenvalue weighted by atomic mass is 35.5. The molecule has 5 nitrogen and oxygen atoms in total. The summed E-state index contributed by atoms with van der Waals surface area (Å²) in [7, 11) is 0. The highest BCUT2D eigenvalue weighted by Crippen LogP contribution is 2.42. The van der Waals surface area contributed by atoms with Crippen molar-refractivity contribution in [2.24, 2.45) is 16.3 Å². The SMILES string of the molecule is N/C(=N/O)C1(C(=O)Nc2cc(Cl)ccc2F)CCC1. The first-order chi connectivity index (χ1) is 8.99. The molecular weight excluding hydrogens is 273 g/mol. The first-order valence-electron chi connectivity index (χ1n) is 5.74. The van der Waals surface area contributed by atoms with Crippen LogP contribution >= 0.6 is 11.6 Å². The van der Waals surface area contributed by atoms with E-state index < -0.39 is 17.1 Å². The largest absolute Gasteiger partial charge is 0.409 e. The maximum absolute atomic E-state index is 13.5. The van der Waals surface area contributed by atoms with Crippen molar-refractivity contribution < 1.29 is 14.4 Å². The molecule has 1 aliphatic carbocycles. The van der Waals surface area contributed by atoms with Crippen LogP contribution < -0.4 is 11.1 Å². The molecular formula is C12H13ClFN3O2.